The fourth-order valence-corrected chi connectivity index (χ4v) is 2.08. The Hall–Kier alpha value is -2.69. The number of nitrogens with one attached hydrogen (secondary N) is 1. The quantitative estimate of drug-likeness (QED) is 0.739. The molecule has 3 aromatic rings. The number of benzene rings is 1. The number of methoxy groups -OCH3 is 1. The molecule has 2 aromatic heterocycles. The topological polar surface area (TPSA) is 67.9 Å². The second-order valence-corrected chi connectivity index (χ2v) is 4.41. The van der Waals surface area contributed by atoms with Crippen molar-refractivity contribution >= 4 is 17.1 Å². The van der Waals surface area contributed by atoms with Crippen LogP contribution in [0.5, 0.6) is 0 Å². The van der Waals surface area contributed by atoms with Gasteiger partial charge in [-0.15, -0.1) is 0 Å². The molecule has 5 nitrogen and oxygen atoms in total. The molecule has 0 bridgehead atoms. The zero-order chi connectivity index (χ0) is 13.9. The van der Waals surface area contributed by atoms with Crippen LogP contribution >= 0.6 is 0 Å². The van der Waals surface area contributed by atoms with E-state index in [1.54, 1.807) is 12.4 Å². The van der Waals surface area contributed by atoms with Gasteiger partial charge in [0.2, 0.25) is 0 Å². The van der Waals surface area contributed by atoms with Gasteiger partial charge in [-0.25, -0.2) is 14.8 Å². The third kappa shape index (κ3) is 2.25. The first-order chi connectivity index (χ1) is 9.78. The lowest BCUT2D eigenvalue weighted by Gasteiger charge is -2.01. The number of carbonyl (C=O) groups excluding carboxylic acids is 1. The highest BCUT2D eigenvalue weighted by atomic mass is 16.5. The number of rotatable bonds is 3. The van der Waals surface area contributed by atoms with Crippen LogP contribution in [0.25, 0.3) is 11.2 Å². The minimum atomic E-state index is -0.414. The summed E-state index contributed by atoms with van der Waals surface area (Å²) in [4.78, 5) is 23.4. The lowest BCUT2D eigenvalue weighted by Crippen LogP contribution is -2.02. The smallest absolute Gasteiger partial charge is 0.341 e. The standard InChI is InChI=1S/C15H13N3O2/c1-20-15(19)12-9-17-14-13(12)18-11(8-16-14)7-10-5-3-2-4-6-10/h2-6,8-9H,7H2,1H3,(H,16,17). The van der Waals surface area contributed by atoms with Gasteiger partial charge in [0.25, 0.3) is 0 Å². The molecule has 0 radical (unpaired) electrons. The number of ether oxygens (including phenoxy) is 1. The van der Waals surface area contributed by atoms with Gasteiger partial charge in [-0.3, -0.25) is 0 Å². The summed E-state index contributed by atoms with van der Waals surface area (Å²) in [5.41, 5.74) is 3.50. The highest BCUT2D eigenvalue weighted by Gasteiger charge is 2.14. The minimum absolute atomic E-state index is 0.407. The molecular formula is C15H13N3O2. The van der Waals surface area contributed by atoms with E-state index in [1.165, 1.54) is 7.11 Å². The van der Waals surface area contributed by atoms with Crippen molar-refractivity contribution in [3.05, 3.63) is 59.5 Å². The Labute approximate surface area is 115 Å². The maximum Gasteiger partial charge on any atom is 0.341 e. The van der Waals surface area contributed by atoms with Gasteiger partial charge in [0.05, 0.1) is 19.0 Å². The summed E-state index contributed by atoms with van der Waals surface area (Å²) >= 11 is 0. The van der Waals surface area contributed by atoms with Crippen molar-refractivity contribution in [1.29, 1.82) is 0 Å². The van der Waals surface area contributed by atoms with Crippen LogP contribution in [-0.4, -0.2) is 28.0 Å². The van der Waals surface area contributed by atoms with Crippen molar-refractivity contribution in [3.8, 4) is 0 Å². The van der Waals surface area contributed by atoms with Gasteiger partial charge < -0.3 is 9.72 Å². The van der Waals surface area contributed by atoms with Crippen molar-refractivity contribution in [2.45, 2.75) is 6.42 Å². The van der Waals surface area contributed by atoms with E-state index in [1.807, 2.05) is 30.3 Å². The Kier molecular flexibility index (Phi) is 3.16. The number of hydrogen-bond donors (Lipinski definition) is 1. The molecule has 0 aliphatic carbocycles. The summed E-state index contributed by atoms with van der Waals surface area (Å²) in [5.74, 6) is -0.414. The van der Waals surface area contributed by atoms with Gasteiger partial charge in [-0.2, -0.15) is 0 Å². The molecule has 2 heterocycles. The van der Waals surface area contributed by atoms with Gasteiger partial charge in [0, 0.05) is 12.6 Å². The zero-order valence-electron chi connectivity index (χ0n) is 11.0. The molecule has 100 valence electrons. The van der Waals surface area contributed by atoms with E-state index < -0.39 is 5.97 Å². The van der Waals surface area contributed by atoms with Crippen LogP contribution in [-0.2, 0) is 11.2 Å². The number of fused-ring (bicyclic) bond motifs is 1. The number of hydrogen-bond acceptors (Lipinski definition) is 4. The third-order valence-corrected chi connectivity index (χ3v) is 3.06. The lowest BCUT2D eigenvalue weighted by atomic mass is 10.1. The van der Waals surface area contributed by atoms with Crippen LogP contribution < -0.4 is 0 Å². The molecule has 0 aliphatic heterocycles. The summed E-state index contributed by atoms with van der Waals surface area (Å²) in [7, 11) is 1.35. The van der Waals surface area contributed by atoms with E-state index in [0.717, 1.165) is 11.3 Å². The van der Waals surface area contributed by atoms with E-state index >= 15 is 0 Å². The molecule has 3 rings (SSSR count). The fraction of sp³-hybridized carbons (Fsp3) is 0.133. The van der Waals surface area contributed by atoms with Gasteiger partial charge in [-0.05, 0) is 5.56 Å². The first-order valence-electron chi connectivity index (χ1n) is 6.23. The zero-order valence-corrected chi connectivity index (χ0v) is 11.0. The Balaban J connectivity index is 1.99. The first-order valence-corrected chi connectivity index (χ1v) is 6.23. The lowest BCUT2D eigenvalue weighted by molar-refractivity contribution is 0.0603. The molecule has 0 spiro atoms. The van der Waals surface area contributed by atoms with Crippen LogP contribution in [0, 0.1) is 0 Å². The molecule has 0 saturated heterocycles. The molecule has 0 amide bonds. The van der Waals surface area contributed by atoms with Crippen molar-refractivity contribution < 1.29 is 9.53 Å². The predicted octanol–water partition coefficient (Wildman–Crippen LogP) is 2.34. The number of carbonyl (C=O) groups is 1. The molecule has 0 atom stereocenters. The summed E-state index contributed by atoms with van der Waals surface area (Å²) in [5, 5.41) is 0. The van der Waals surface area contributed by atoms with Crippen LogP contribution in [0.1, 0.15) is 21.6 Å². The number of aromatic nitrogens is 3. The predicted molar refractivity (Wildman–Crippen MR) is 74.5 cm³/mol. The molecule has 0 unspecified atom stereocenters. The molecule has 20 heavy (non-hydrogen) atoms. The maximum absolute atomic E-state index is 11.6. The molecule has 0 fully saturated rings. The fourth-order valence-electron chi connectivity index (χ4n) is 2.08. The Morgan fingerprint density at radius 3 is 2.85 bits per heavy atom. The van der Waals surface area contributed by atoms with Gasteiger partial charge in [-0.1, -0.05) is 30.3 Å². The number of esters is 1. The van der Waals surface area contributed by atoms with E-state index in [9.17, 15) is 4.79 Å². The SMILES string of the molecule is COC(=O)c1c[nH]c2ncc(Cc3ccccc3)nc12. The number of nitrogens with zero attached hydrogens (tertiary/aromatic N) is 2. The normalized spacial score (nSPS) is 10.7. The molecule has 0 saturated carbocycles. The van der Waals surface area contributed by atoms with Crippen LogP contribution in [0.3, 0.4) is 0 Å². The highest BCUT2D eigenvalue weighted by Crippen LogP contribution is 2.16. The highest BCUT2D eigenvalue weighted by molar-refractivity contribution is 6.01. The molecular weight excluding hydrogens is 254 g/mol. The number of H-pyrrole nitrogens is 1. The first kappa shape index (κ1) is 12.3. The Morgan fingerprint density at radius 2 is 2.10 bits per heavy atom. The molecule has 5 heteroatoms. The summed E-state index contributed by atoms with van der Waals surface area (Å²) < 4.78 is 4.73. The Morgan fingerprint density at radius 1 is 1.30 bits per heavy atom. The average molecular weight is 267 g/mol. The van der Waals surface area contributed by atoms with Gasteiger partial charge in [0.15, 0.2) is 5.65 Å². The summed E-state index contributed by atoms with van der Waals surface area (Å²) in [6, 6.07) is 10.0. The van der Waals surface area contributed by atoms with E-state index in [0.29, 0.717) is 23.1 Å². The van der Waals surface area contributed by atoms with Crippen LogP contribution in [0.15, 0.2) is 42.7 Å². The van der Waals surface area contributed by atoms with E-state index in [4.69, 9.17) is 4.74 Å². The summed E-state index contributed by atoms with van der Waals surface area (Å²) in [6.45, 7) is 0. The van der Waals surface area contributed by atoms with E-state index in [2.05, 4.69) is 15.0 Å². The monoisotopic (exact) mass is 267 g/mol. The largest absolute Gasteiger partial charge is 0.465 e. The Bertz CT molecular complexity index is 750. The van der Waals surface area contributed by atoms with E-state index in [-0.39, 0.29) is 0 Å². The average Bonchev–Trinajstić information content (AvgIpc) is 2.91. The minimum Gasteiger partial charge on any atom is -0.465 e. The van der Waals surface area contributed by atoms with Crippen molar-refractivity contribution in [2.75, 3.05) is 7.11 Å². The van der Waals surface area contributed by atoms with Gasteiger partial charge >= 0.3 is 5.97 Å². The molecule has 1 aromatic carbocycles. The molecule has 0 aliphatic rings. The van der Waals surface area contributed by atoms with Crippen molar-refractivity contribution in [2.24, 2.45) is 0 Å². The second kappa shape index (κ2) is 5.13. The molecule has 1 N–H and O–H groups in total. The summed E-state index contributed by atoms with van der Waals surface area (Å²) in [6.07, 6.45) is 3.96. The van der Waals surface area contributed by atoms with Crippen LogP contribution in [0.2, 0.25) is 0 Å². The number of aromatic amines is 1. The van der Waals surface area contributed by atoms with Crippen molar-refractivity contribution in [1.82, 2.24) is 15.0 Å². The van der Waals surface area contributed by atoms with Crippen molar-refractivity contribution in [3.63, 3.8) is 0 Å². The third-order valence-electron chi connectivity index (χ3n) is 3.06. The van der Waals surface area contributed by atoms with Gasteiger partial charge in [0.1, 0.15) is 11.1 Å². The van der Waals surface area contributed by atoms with Crippen LogP contribution in [0.4, 0.5) is 0 Å². The maximum atomic E-state index is 11.6. The second-order valence-electron chi connectivity index (χ2n) is 4.41.